The van der Waals surface area contributed by atoms with Crippen LogP contribution in [0.1, 0.15) is 30.9 Å². The van der Waals surface area contributed by atoms with Crippen LogP contribution in [-0.2, 0) is 0 Å². The van der Waals surface area contributed by atoms with E-state index in [4.69, 9.17) is 27.9 Å². The molecule has 5 nitrogen and oxygen atoms in total. The lowest BCUT2D eigenvalue weighted by molar-refractivity contribution is -0.470. The Balaban J connectivity index is 1.78. The summed E-state index contributed by atoms with van der Waals surface area (Å²) in [4.78, 5) is 11.4. The normalized spacial score (nSPS) is 18.6. The van der Waals surface area contributed by atoms with Crippen molar-refractivity contribution < 1.29 is 28.1 Å². The molecule has 1 heterocycles. The van der Waals surface area contributed by atoms with Gasteiger partial charge in [0.25, 0.3) is 0 Å². The average Bonchev–Trinajstić information content (AvgIpc) is 3.40. The van der Waals surface area contributed by atoms with E-state index in [1.165, 1.54) is 24.4 Å². The molecule has 146 valence electrons. The largest absolute Gasteiger partial charge is 0.489 e. The quantitative estimate of drug-likeness (QED) is 0.609. The van der Waals surface area contributed by atoms with Gasteiger partial charge in [0.05, 0.1) is 17.7 Å². The smallest absolute Gasteiger partial charge is 0.387 e. The second kappa shape index (κ2) is 8.54. The van der Waals surface area contributed by atoms with Crippen LogP contribution in [-0.4, -0.2) is 29.6 Å². The monoisotopic (exact) mass is 420 g/mol. The fourth-order valence-corrected chi connectivity index (χ4v) is 3.31. The Morgan fingerprint density at radius 1 is 1.26 bits per heavy atom. The summed E-state index contributed by atoms with van der Waals surface area (Å²) in [7, 11) is 0. The number of benzene rings is 1. The maximum absolute atomic E-state index is 12.6. The van der Waals surface area contributed by atoms with Crippen LogP contribution in [0, 0.1) is 10.8 Å². The molecule has 3 rings (SSSR count). The van der Waals surface area contributed by atoms with Gasteiger partial charge in [-0.25, -0.2) is 0 Å². The highest BCUT2D eigenvalue weighted by Crippen LogP contribution is 2.38. The molecule has 1 saturated carbocycles. The number of hydrogen-bond acceptors (Lipinski definition) is 4. The third-order valence-electron chi connectivity index (χ3n) is 4.31. The van der Waals surface area contributed by atoms with Crippen LogP contribution in [0.15, 0.2) is 40.0 Å². The minimum absolute atomic E-state index is 0.0449. The summed E-state index contributed by atoms with van der Waals surface area (Å²) in [6.45, 7) is -2.62. The molecule has 1 aromatic rings. The molecule has 1 aliphatic heterocycles. The predicted molar refractivity (Wildman–Crippen MR) is 96.2 cm³/mol. The Bertz CT molecular complexity index is 794. The van der Waals surface area contributed by atoms with Crippen LogP contribution in [0.2, 0.25) is 0 Å². The van der Waals surface area contributed by atoms with Crippen molar-refractivity contribution >= 4 is 23.2 Å². The number of aliphatic hydroxyl groups excluding tert-OH is 1. The molecule has 1 fully saturated rings. The molecule has 1 N–H and O–H groups in total. The van der Waals surface area contributed by atoms with Gasteiger partial charge in [0.2, 0.25) is 12.7 Å². The van der Waals surface area contributed by atoms with Gasteiger partial charge in [-0.15, -0.1) is 0 Å². The summed E-state index contributed by atoms with van der Waals surface area (Å²) in [5.41, 5.74) is 0.902. The van der Waals surface area contributed by atoms with Gasteiger partial charge in [0.1, 0.15) is 5.03 Å². The molecule has 2 aliphatic rings. The first-order valence-corrected chi connectivity index (χ1v) is 9.17. The van der Waals surface area contributed by atoms with E-state index in [1.807, 2.05) is 0 Å². The van der Waals surface area contributed by atoms with E-state index in [1.54, 1.807) is 0 Å². The Morgan fingerprint density at radius 2 is 2.00 bits per heavy atom. The van der Waals surface area contributed by atoms with Gasteiger partial charge in [0, 0.05) is 21.7 Å². The van der Waals surface area contributed by atoms with E-state index in [9.17, 15) is 18.8 Å². The molecule has 1 atom stereocenters. The van der Waals surface area contributed by atoms with Crippen molar-refractivity contribution in [3.05, 3.63) is 50.5 Å². The minimum Gasteiger partial charge on any atom is -0.489 e. The van der Waals surface area contributed by atoms with Crippen molar-refractivity contribution in [1.29, 1.82) is 0 Å². The number of ether oxygens (including phenoxy) is 2. The SMILES string of the molecule is O=[N+]1C=C(Cl)C(C[C@H](O)c2ccc(OC(F)F)c(OCC3CC3)c2)=C(Cl)C1. The summed E-state index contributed by atoms with van der Waals surface area (Å²) in [6, 6.07) is 4.28. The summed E-state index contributed by atoms with van der Waals surface area (Å²) >= 11 is 12.1. The van der Waals surface area contributed by atoms with Crippen LogP contribution < -0.4 is 9.47 Å². The minimum atomic E-state index is -2.98. The summed E-state index contributed by atoms with van der Waals surface area (Å²) in [5.74, 6) is 0.481. The average molecular weight is 421 g/mol. The molecular weight excluding hydrogens is 403 g/mol. The van der Waals surface area contributed by atoms with Crippen LogP contribution >= 0.6 is 23.2 Å². The molecule has 0 spiro atoms. The fraction of sp³-hybridized carbons (Fsp3) is 0.444. The highest BCUT2D eigenvalue weighted by molar-refractivity contribution is 6.35. The number of nitroso groups, excluding NO2 is 1. The molecule has 0 saturated heterocycles. The van der Waals surface area contributed by atoms with Gasteiger partial charge in [-0.05, 0) is 36.5 Å². The van der Waals surface area contributed by atoms with E-state index in [0.717, 1.165) is 12.8 Å². The first-order valence-electron chi connectivity index (χ1n) is 8.42. The number of allylic oxidation sites excluding steroid dienone is 1. The summed E-state index contributed by atoms with van der Waals surface area (Å²) in [6.07, 6.45) is 2.33. The number of alkyl halides is 2. The lowest BCUT2D eigenvalue weighted by Gasteiger charge is -2.18. The van der Waals surface area contributed by atoms with Crippen molar-refractivity contribution in [2.45, 2.75) is 32.0 Å². The number of aliphatic hydroxyl groups is 1. The number of hydrogen-bond donors (Lipinski definition) is 1. The van der Waals surface area contributed by atoms with Crippen LogP contribution in [0.3, 0.4) is 0 Å². The predicted octanol–water partition coefficient (Wildman–Crippen LogP) is 4.87. The number of halogens is 4. The van der Waals surface area contributed by atoms with Gasteiger partial charge in [-0.3, -0.25) is 0 Å². The molecular formula is C18H18Cl2F2NO4+. The zero-order chi connectivity index (χ0) is 19.6. The fourth-order valence-electron chi connectivity index (χ4n) is 2.66. The zero-order valence-corrected chi connectivity index (χ0v) is 15.7. The number of rotatable bonds is 8. The van der Waals surface area contributed by atoms with E-state index in [0.29, 0.717) is 28.4 Å². The van der Waals surface area contributed by atoms with Crippen LogP contribution in [0.5, 0.6) is 11.5 Å². The first kappa shape index (κ1) is 20.0. The van der Waals surface area contributed by atoms with Gasteiger partial charge in [-0.2, -0.15) is 8.78 Å². The van der Waals surface area contributed by atoms with Crippen molar-refractivity contribution in [1.82, 2.24) is 0 Å². The van der Waals surface area contributed by atoms with Gasteiger partial charge in [0.15, 0.2) is 11.5 Å². The topological polar surface area (TPSA) is 58.8 Å². The molecule has 0 bridgehead atoms. The van der Waals surface area contributed by atoms with Crippen molar-refractivity contribution in [2.24, 2.45) is 5.92 Å². The standard InChI is InChI=1S/C18H18Cl2F2NO4/c19-13-7-23(25)8-14(20)12(13)6-15(24)11-3-4-16(27-18(21)22)17(5-11)26-9-10-1-2-10/h3-5,7,10,15,18,24H,1-2,6,8-9H2/q+1/t15-/m0/s1. The lowest BCUT2D eigenvalue weighted by Crippen LogP contribution is -2.13. The third-order valence-corrected chi connectivity index (χ3v) is 4.98. The van der Waals surface area contributed by atoms with Crippen LogP contribution in [0.25, 0.3) is 0 Å². The van der Waals surface area contributed by atoms with E-state index in [-0.39, 0.29) is 34.5 Å². The summed E-state index contributed by atoms with van der Waals surface area (Å²) < 4.78 is 35.9. The second-order valence-electron chi connectivity index (χ2n) is 6.49. The van der Waals surface area contributed by atoms with Gasteiger partial charge < -0.3 is 14.6 Å². The molecule has 0 radical (unpaired) electrons. The van der Waals surface area contributed by atoms with Crippen molar-refractivity contribution in [2.75, 3.05) is 13.2 Å². The Morgan fingerprint density at radius 3 is 2.63 bits per heavy atom. The Labute approximate surface area is 164 Å². The lowest BCUT2D eigenvalue weighted by atomic mass is 9.99. The van der Waals surface area contributed by atoms with Crippen molar-refractivity contribution in [3.63, 3.8) is 0 Å². The summed E-state index contributed by atoms with van der Waals surface area (Å²) in [5, 5.41) is 11.0. The molecule has 1 aromatic carbocycles. The highest BCUT2D eigenvalue weighted by Gasteiger charge is 2.27. The highest BCUT2D eigenvalue weighted by atomic mass is 35.5. The molecule has 0 amide bonds. The molecule has 0 unspecified atom stereocenters. The van der Waals surface area contributed by atoms with Gasteiger partial charge in [-0.1, -0.05) is 29.3 Å². The molecule has 27 heavy (non-hydrogen) atoms. The zero-order valence-electron chi connectivity index (χ0n) is 14.2. The number of nitrogens with zero attached hydrogens (tertiary/aromatic N) is 1. The second-order valence-corrected chi connectivity index (χ2v) is 7.36. The van der Waals surface area contributed by atoms with E-state index in [2.05, 4.69) is 4.74 Å². The van der Waals surface area contributed by atoms with Crippen molar-refractivity contribution in [3.8, 4) is 11.5 Å². The Hall–Kier alpha value is -1.70. The third kappa shape index (κ3) is 5.40. The molecule has 1 aliphatic carbocycles. The molecule has 9 heteroatoms. The maximum atomic E-state index is 12.6. The Kier molecular flexibility index (Phi) is 6.34. The van der Waals surface area contributed by atoms with E-state index >= 15 is 0 Å². The molecule has 0 aromatic heterocycles. The van der Waals surface area contributed by atoms with Gasteiger partial charge >= 0.3 is 6.61 Å². The maximum Gasteiger partial charge on any atom is 0.387 e. The van der Waals surface area contributed by atoms with Crippen LogP contribution in [0.4, 0.5) is 8.78 Å². The first-order chi connectivity index (χ1) is 12.8. The van der Waals surface area contributed by atoms with E-state index < -0.39 is 12.7 Å².